The van der Waals surface area contributed by atoms with Crippen molar-refractivity contribution >= 4 is 22.4 Å². The van der Waals surface area contributed by atoms with Crippen molar-refractivity contribution in [1.29, 1.82) is 0 Å². The van der Waals surface area contributed by atoms with E-state index in [-0.39, 0.29) is 11.9 Å². The molecule has 134 valence electrons. The summed E-state index contributed by atoms with van der Waals surface area (Å²) in [7, 11) is 1.65. The molecule has 0 spiro atoms. The second-order valence-electron chi connectivity index (χ2n) is 6.42. The van der Waals surface area contributed by atoms with E-state index in [1.54, 1.807) is 7.11 Å². The average Bonchev–Trinajstić information content (AvgIpc) is 3.33. The van der Waals surface area contributed by atoms with Crippen LogP contribution in [0.3, 0.4) is 0 Å². The maximum Gasteiger partial charge on any atom is 0.229 e. The number of benzene rings is 1. The summed E-state index contributed by atoms with van der Waals surface area (Å²) in [5, 5.41) is 10.3. The third-order valence-corrected chi connectivity index (χ3v) is 5.63. The van der Waals surface area contributed by atoms with Crippen LogP contribution in [-0.4, -0.2) is 29.3 Å². The number of methoxy groups -OCH3 is 1. The first-order valence-electron chi connectivity index (χ1n) is 9.03. The summed E-state index contributed by atoms with van der Waals surface area (Å²) >= 11 is 1.50. The Balaban J connectivity index is 1.83. The number of ether oxygens (including phenoxy) is 1. The summed E-state index contributed by atoms with van der Waals surface area (Å²) in [5.41, 5.74) is 0.997. The molecule has 1 aromatic carbocycles. The number of carbonyl (C=O) groups is 1. The van der Waals surface area contributed by atoms with Crippen LogP contribution < -0.4 is 9.64 Å². The summed E-state index contributed by atoms with van der Waals surface area (Å²) in [4.78, 5) is 14.7. The highest BCUT2D eigenvalue weighted by Gasteiger charge is 2.30. The number of aromatic nitrogens is 2. The third-order valence-electron chi connectivity index (χ3n) is 4.66. The van der Waals surface area contributed by atoms with Gasteiger partial charge in [0.15, 0.2) is 0 Å². The molecule has 0 N–H and O–H groups in total. The Hall–Kier alpha value is -1.95. The number of unbranched alkanes of at least 4 members (excludes halogenated alkanes) is 1. The van der Waals surface area contributed by atoms with Crippen LogP contribution in [0.15, 0.2) is 24.3 Å². The minimum absolute atomic E-state index is 0.186. The Labute approximate surface area is 153 Å². The highest BCUT2D eigenvalue weighted by Crippen LogP contribution is 2.34. The highest BCUT2D eigenvalue weighted by atomic mass is 32.1. The first-order valence-corrected chi connectivity index (χ1v) is 9.84. The molecule has 1 heterocycles. The first-order chi connectivity index (χ1) is 12.2. The quantitative estimate of drug-likeness (QED) is 0.720. The van der Waals surface area contributed by atoms with E-state index in [0.717, 1.165) is 47.1 Å². The molecule has 6 heteroatoms. The van der Waals surface area contributed by atoms with Crippen LogP contribution in [0.1, 0.15) is 51.9 Å². The number of rotatable bonds is 7. The predicted octanol–water partition coefficient (Wildman–Crippen LogP) is 4.68. The van der Waals surface area contributed by atoms with Crippen molar-refractivity contribution in [3.63, 3.8) is 0 Å². The Morgan fingerprint density at radius 1 is 1.24 bits per heavy atom. The topological polar surface area (TPSA) is 55.3 Å². The van der Waals surface area contributed by atoms with Crippen molar-refractivity contribution in [2.45, 2.75) is 57.9 Å². The average molecular weight is 359 g/mol. The van der Waals surface area contributed by atoms with Gasteiger partial charge in [0.05, 0.1) is 7.11 Å². The van der Waals surface area contributed by atoms with E-state index in [9.17, 15) is 4.79 Å². The minimum atomic E-state index is 0.186. The molecule has 1 saturated carbocycles. The van der Waals surface area contributed by atoms with Gasteiger partial charge in [0.25, 0.3) is 0 Å². The van der Waals surface area contributed by atoms with E-state index >= 15 is 0 Å². The molecular formula is C19H25N3O2S. The van der Waals surface area contributed by atoms with Gasteiger partial charge in [0.1, 0.15) is 10.8 Å². The maximum absolute atomic E-state index is 12.8. The van der Waals surface area contributed by atoms with Crippen molar-refractivity contribution in [2.75, 3.05) is 12.0 Å². The Bertz CT molecular complexity index is 693. The van der Waals surface area contributed by atoms with Crippen LogP contribution in [0, 0.1) is 0 Å². The van der Waals surface area contributed by atoms with Gasteiger partial charge in [-0.3, -0.25) is 9.69 Å². The van der Waals surface area contributed by atoms with Crippen LogP contribution in [0.4, 0.5) is 5.13 Å². The molecule has 1 aliphatic carbocycles. The van der Waals surface area contributed by atoms with Crippen LogP contribution in [0.2, 0.25) is 0 Å². The summed E-state index contributed by atoms with van der Waals surface area (Å²) in [6, 6.07) is 8.06. The fourth-order valence-corrected chi connectivity index (χ4v) is 4.18. The molecule has 0 atom stereocenters. The standard InChI is InChI=1S/C19H25N3O2S/c1-3-4-9-17(23)22(15-7-5-6-8-15)19-21-20-18(25-19)14-10-12-16(24-2)13-11-14/h10-13,15H,3-9H2,1-2H3. The third kappa shape index (κ3) is 4.18. The fraction of sp³-hybridized carbons (Fsp3) is 0.526. The monoisotopic (exact) mass is 359 g/mol. The molecule has 1 aliphatic rings. The number of nitrogens with zero attached hydrogens (tertiary/aromatic N) is 3. The summed E-state index contributed by atoms with van der Waals surface area (Å²) in [5.74, 6) is 1.00. The molecule has 5 nitrogen and oxygen atoms in total. The van der Waals surface area contributed by atoms with Gasteiger partial charge in [0, 0.05) is 18.0 Å². The SMILES string of the molecule is CCCCC(=O)N(c1nnc(-c2ccc(OC)cc2)s1)C1CCCC1. The molecule has 0 radical (unpaired) electrons. The van der Waals surface area contributed by atoms with Gasteiger partial charge in [-0.2, -0.15) is 0 Å². The second kappa shape index (κ2) is 8.43. The zero-order valence-electron chi connectivity index (χ0n) is 14.9. The normalized spacial score (nSPS) is 14.6. The molecule has 1 amide bonds. The lowest BCUT2D eigenvalue weighted by molar-refractivity contribution is -0.119. The Morgan fingerprint density at radius 3 is 2.60 bits per heavy atom. The number of hydrogen-bond donors (Lipinski definition) is 0. The van der Waals surface area contributed by atoms with Gasteiger partial charge in [0.2, 0.25) is 11.0 Å². The lowest BCUT2D eigenvalue weighted by atomic mass is 10.2. The van der Waals surface area contributed by atoms with E-state index in [2.05, 4.69) is 17.1 Å². The molecule has 0 bridgehead atoms. The maximum atomic E-state index is 12.8. The van der Waals surface area contributed by atoms with E-state index in [0.29, 0.717) is 6.42 Å². The summed E-state index contributed by atoms with van der Waals surface area (Å²) < 4.78 is 5.20. The van der Waals surface area contributed by atoms with E-state index < -0.39 is 0 Å². The molecule has 3 rings (SSSR count). The van der Waals surface area contributed by atoms with Gasteiger partial charge in [-0.25, -0.2) is 0 Å². The van der Waals surface area contributed by atoms with Crippen molar-refractivity contribution in [3.8, 4) is 16.3 Å². The van der Waals surface area contributed by atoms with E-state index in [4.69, 9.17) is 4.74 Å². The van der Waals surface area contributed by atoms with E-state index in [1.807, 2.05) is 29.2 Å². The van der Waals surface area contributed by atoms with Crippen LogP contribution in [-0.2, 0) is 4.79 Å². The number of amides is 1. The van der Waals surface area contributed by atoms with Crippen molar-refractivity contribution in [2.24, 2.45) is 0 Å². The Morgan fingerprint density at radius 2 is 1.96 bits per heavy atom. The molecule has 2 aromatic rings. The van der Waals surface area contributed by atoms with Crippen molar-refractivity contribution in [3.05, 3.63) is 24.3 Å². The molecule has 25 heavy (non-hydrogen) atoms. The highest BCUT2D eigenvalue weighted by molar-refractivity contribution is 7.18. The lowest BCUT2D eigenvalue weighted by Crippen LogP contribution is -2.38. The summed E-state index contributed by atoms with van der Waals surface area (Å²) in [6.45, 7) is 2.11. The molecule has 1 aromatic heterocycles. The van der Waals surface area contributed by atoms with Gasteiger partial charge >= 0.3 is 0 Å². The predicted molar refractivity (Wildman–Crippen MR) is 101 cm³/mol. The van der Waals surface area contributed by atoms with Gasteiger partial charge < -0.3 is 4.74 Å². The zero-order chi connectivity index (χ0) is 17.6. The summed E-state index contributed by atoms with van der Waals surface area (Å²) in [6.07, 6.45) is 7.04. The lowest BCUT2D eigenvalue weighted by Gasteiger charge is -2.26. The minimum Gasteiger partial charge on any atom is -0.497 e. The Kier molecular flexibility index (Phi) is 6.02. The number of carbonyl (C=O) groups excluding carboxylic acids is 1. The number of hydrogen-bond acceptors (Lipinski definition) is 5. The van der Waals surface area contributed by atoms with Crippen LogP contribution in [0.5, 0.6) is 5.75 Å². The van der Waals surface area contributed by atoms with Gasteiger partial charge in [-0.1, -0.05) is 37.5 Å². The van der Waals surface area contributed by atoms with Gasteiger partial charge in [-0.15, -0.1) is 10.2 Å². The molecule has 0 unspecified atom stereocenters. The van der Waals surface area contributed by atoms with Crippen molar-refractivity contribution < 1.29 is 9.53 Å². The largest absolute Gasteiger partial charge is 0.497 e. The van der Waals surface area contributed by atoms with Gasteiger partial charge in [-0.05, 0) is 43.5 Å². The zero-order valence-corrected chi connectivity index (χ0v) is 15.7. The van der Waals surface area contributed by atoms with Crippen LogP contribution >= 0.6 is 11.3 Å². The molecule has 0 saturated heterocycles. The van der Waals surface area contributed by atoms with Crippen molar-refractivity contribution in [1.82, 2.24) is 10.2 Å². The van der Waals surface area contributed by atoms with Crippen LogP contribution in [0.25, 0.3) is 10.6 Å². The number of anilines is 1. The smallest absolute Gasteiger partial charge is 0.229 e. The fourth-order valence-electron chi connectivity index (χ4n) is 3.24. The first kappa shape index (κ1) is 17.9. The second-order valence-corrected chi connectivity index (χ2v) is 7.38. The molecular weight excluding hydrogens is 334 g/mol. The molecule has 0 aliphatic heterocycles. The van der Waals surface area contributed by atoms with E-state index in [1.165, 1.54) is 24.2 Å². The molecule has 1 fully saturated rings.